The minimum absolute atomic E-state index is 0.0324. The van der Waals surface area contributed by atoms with E-state index in [9.17, 15) is 0 Å². The van der Waals surface area contributed by atoms with Crippen molar-refractivity contribution in [2.45, 2.75) is 26.5 Å². The second-order valence-corrected chi connectivity index (χ2v) is 7.83. The van der Waals surface area contributed by atoms with E-state index in [1.54, 1.807) is 7.11 Å². The smallest absolute Gasteiger partial charge is 0.194 e. The number of hydrogen-bond acceptors (Lipinski definition) is 5. The van der Waals surface area contributed by atoms with Gasteiger partial charge in [-0.3, -0.25) is 0 Å². The number of hydrogen-bond donors (Lipinski definition) is 2. The number of aliphatic hydroxyl groups is 1. The largest absolute Gasteiger partial charge is 0.493 e. The van der Waals surface area contributed by atoms with Gasteiger partial charge < -0.3 is 29.5 Å². The molecule has 1 aliphatic rings. The summed E-state index contributed by atoms with van der Waals surface area (Å²) in [7, 11) is 1.61. The summed E-state index contributed by atoms with van der Waals surface area (Å²) in [6.07, 6.45) is 1.10. The molecule has 2 aromatic carbocycles. The van der Waals surface area contributed by atoms with E-state index in [2.05, 4.69) is 29.3 Å². The molecular formula is C25H35N3O4. The Labute approximate surface area is 191 Å². The summed E-state index contributed by atoms with van der Waals surface area (Å²) < 4.78 is 16.9. The van der Waals surface area contributed by atoms with E-state index in [0.29, 0.717) is 30.6 Å². The van der Waals surface area contributed by atoms with Gasteiger partial charge in [0, 0.05) is 25.6 Å². The summed E-state index contributed by atoms with van der Waals surface area (Å²) in [5.41, 5.74) is 2.25. The van der Waals surface area contributed by atoms with Crippen molar-refractivity contribution in [2.24, 2.45) is 10.9 Å². The van der Waals surface area contributed by atoms with Crippen molar-refractivity contribution in [3.8, 4) is 11.5 Å². The lowest BCUT2D eigenvalue weighted by atomic mass is 10.1. The van der Waals surface area contributed by atoms with E-state index in [4.69, 9.17) is 24.3 Å². The van der Waals surface area contributed by atoms with Crippen LogP contribution in [0.3, 0.4) is 0 Å². The zero-order valence-electron chi connectivity index (χ0n) is 19.1. The van der Waals surface area contributed by atoms with Gasteiger partial charge in [0.25, 0.3) is 0 Å². The van der Waals surface area contributed by atoms with E-state index in [-0.39, 0.29) is 13.2 Å². The number of nitrogens with one attached hydrogen (secondary N) is 1. The summed E-state index contributed by atoms with van der Waals surface area (Å²) in [5.74, 6) is 2.70. The Kier molecular flexibility index (Phi) is 9.65. The summed E-state index contributed by atoms with van der Waals surface area (Å²) in [6.45, 7) is 7.00. The van der Waals surface area contributed by atoms with Crippen LogP contribution in [0.15, 0.2) is 53.5 Å². The quantitative estimate of drug-likeness (QED) is 0.412. The van der Waals surface area contributed by atoms with Crippen LogP contribution in [0.4, 0.5) is 0 Å². The zero-order valence-corrected chi connectivity index (χ0v) is 19.1. The van der Waals surface area contributed by atoms with Gasteiger partial charge in [-0.25, -0.2) is 4.99 Å². The molecule has 2 aromatic rings. The van der Waals surface area contributed by atoms with Crippen LogP contribution in [0, 0.1) is 5.92 Å². The third-order valence-electron chi connectivity index (χ3n) is 5.37. The number of benzene rings is 2. The first-order valence-electron chi connectivity index (χ1n) is 11.3. The molecule has 0 spiro atoms. The van der Waals surface area contributed by atoms with Crippen molar-refractivity contribution in [1.29, 1.82) is 0 Å². The van der Waals surface area contributed by atoms with Crippen LogP contribution >= 0.6 is 0 Å². The van der Waals surface area contributed by atoms with E-state index < -0.39 is 0 Å². The molecule has 7 heteroatoms. The minimum Gasteiger partial charge on any atom is -0.493 e. The second-order valence-electron chi connectivity index (χ2n) is 7.83. The molecule has 1 aliphatic heterocycles. The molecular weight excluding hydrogens is 406 g/mol. The number of aliphatic imine (C=N–C) groups is 1. The number of ether oxygens (including phenoxy) is 3. The molecule has 32 heavy (non-hydrogen) atoms. The highest BCUT2D eigenvalue weighted by molar-refractivity contribution is 5.80. The van der Waals surface area contributed by atoms with Gasteiger partial charge in [-0.15, -0.1) is 0 Å². The molecule has 3 rings (SSSR count). The molecule has 1 atom stereocenters. The lowest BCUT2D eigenvalue weighted by Crippen LogP contribution is -2.40. The fraction of sp³-hybridized carbons (Fsp3) is 0.480. The van der Waals surface area contributed by atoms with Gasteiger partial charge in [0.1, 0.15) is 6.61 Å². The van der Waals surface area contributed by atoms with Crippen LogP contribution in [0.1, 0.15) is 24.5 Å². The predicted molar refractivity (Wildman–Crippen MR) is 126 cm³/mol. The van der Waals surface area contributed by atoms with Crippen LogP contribution in [0.5, 0.6) is 11.5 Å². The molecule has 0 saturated carbocycles. The van der Waals surface area contributed by atoms with E-state index in [1.807, 2.05) is 36.4 Å². The van der Waals surface area contributed by atoms with Gasteiger partial charge in [-0.2, -0.15) is 0 Å². The Balaban J connectivity index is 1.54. The van der Waals surface area contributed by atoms with E-state index in [0.717, 1.165) is 44.2 Å². The first-order valence-corrected chi connectivity index (χ1v) is 11.3. The molecule has 2 N–H and O–H groups in total. The molecule has 7 nitrogen and oxygen atoms in total. The fourth-order valence-corrected chi connectivity index (χ4v) is 3.76. The van der Waals surface area contributed by atoms with Crippen LogP contribution < -0.4 is 14.8 Å². The molecule has 1 fully saturated rings. The highest BCUT2D eigenvalue weighted by atomic mass is 16.5. The number of aliphatic hydroxyl groups excluding tert-OH is 1. The van der Waals surface area contributed by atoms with Crippen molar-refractivity contribution in [2.75, 3.05) is 46.6 Å². The monoisotopic (exact) mass is 441 g/mol. The average molecular weight is 442 g/mol. The Morgan fingerprint density at radius 1 is 1.16 bits per heavy atom. The highest BCUT2D eigenvalue weighted by Crippen LogP contribution is 2.28. The van der Waals surface area contributed by atoms with E-state index >= 15 is 0 Å². The standard InChI is InChI=1S/C25H35N3O4/c1-3-26-25(27-16-21-9-10-23(32-14-13-29)24(15-21)30-2)28-12-11-22(17-28)19-31-18-20-7-5-4-6-8-20/h4-10,15,22,29H,3,11-14,16-19H2,1-2H3,(H,26,27). The summed E-state index contributed by atoms with van der Waals surface area (Å²) >= 11 is 0. The van der Waals surface area contributed by atoms with Crippen molar-refractivity contribution in [3.63, 3.8) is 0 Å². The molecule has 174 valence electrons. The SMILES string of the molecule is CCNC(=NCc1ccc(OCCO)c(OC)c1)N1CCC(COCc2ccccc2)C1. The molecule has 0 aromatic heterocycles. The molecule has 0 amide bonds. The summed E-state index contributed by atoms with van der Waals surface area (Å²) in [5, 5.41) is 12.4. The first kappa shape index (κ1) is 23.9. The highest BCUT2D eigenvalue weighted by Gasteiger charge is 2.25. The third kappa shape index (κ3) is 7.14. The average Bonchev–Trinajstić information content (AvgIpc) is 3.30. The maximum atomic E-state index is 8.96. The lowest BCUT2D eigenvalue weighted by molar-refractivity contribution is 0.0906. The van der Waals surface area contributed by atoms with Gasteiger partial charge in [0.2, 0.25) is 0 Å². The normalized spacial score (nSPS) is 16.3. The lowest BCUT2D eigenvalue weighted by Gasteiger charge is -2.22. The summed E-state index contributed by atoms with van der Waals surface area (Å²) in [6, 6.07) is 16.1. The van der Waals surface area contributed by atoms with Crippen LogP contribution in [-0.4, -0.2) is 62.5 Å². The van der Waals surface area contributed by atoms with E-state index in [1.165, 1.54) is 5.56 Å². The number of rotatable bonds is 11. The molecule has 1 unspecified atom stereocenters. The fourth-order valence-electron chi connectivity index (χ4n) is 3.76. The van der Waals surface area contributed by atoms with Crippen molar-refractivity contribution >= 4 is 5.96 Å². The zero-order chi connectivity index (χ0) is 22.6. The van der Waals surface area contributed by atoms with Crippen LogP contribution in [-0.2, 0) is 17.9 Å². The Hall–Kier alpha value is -2.77. The minimum atomic E-state index is -0.0324. The van der Waals surface area contributed by atoms with Gasteiger partial charge >= 0.3 is 0 Å². The van der Waals surface area contributed by atoms with Crippen molar-refractivity contribution in [3.05, 3.63) is 59.7 Å². The topological polar surface area (TPSA) is 75.6 Å². The number of methoxy groups -OCH3 is 1. The molecule has 0 radical (unpaired) electrons. The van der Waals surface area contributed by atoms with Crippen molar-refractivity contribution < 1.29 is 19.3 Å². The van der Waals surface area contributed by atoms with Crippen molar-refractivity contribution in [1.82, 2.24) is 10.2 Å². The molecule has 0 bridgehead atoms. The van der Waals surface area contributed by atoms with Gasteiger partial charge in [-0.05, 0) is 36.6 Å². The van der Waals surface area contributed by atoms with Crippen LogP contribution in [0.2, 0.25) is 0 Å². The van der Waals surface area contributed by atoms with Gasteiger partial charge in [-0.1, -0.05) is 36.4 Å². The van der Waals surface area contributed by atoms with Gasteiger partial charge in [0.05, 0.1) is 33.5 Å². The molecule has 1 heterocycles. The molecule has 0 aliphatic carbocycles. The third-order valence-corrected chi connectivity index (χ3v) is 5.37. The second kappa shape index (κ2) is 12.9. The molecule has 1 saturated heterocycles. The number of likely N-dealkylation sites (tertiary alicyclic amines) is 1. The Morgan fingerprint density at radius 3 is 2.75 bits per heavy atom. The number of nitrogens with zero attached hydrogens (tertiary/aromatic N) is 2. The maximum Gasteiger partial charge on any atom is 0.194 e. The maximum absolute atomic E-state index is 8.96. The predicted octanol–water partition coefficient (Wildman–Crippen LogP) is 3.07. The Morgan fingerprint density at radius 2 is 2.00 bits per heavy atom. The number of guanidine groups is 1. The summed E-state index contributed by atoms with van der Waals surface area (Å²) in [4.78, 5) is 7.17. The first-order chi connectivity index (χ1) is 15.7. The Bertz CT molecular complexity index is 844. The van der Waals surface area contributed by atoms with Gasteiger partial charge in [0.15, 0.2) is 17.5 Å². The van der Waals surface area contributed by atoms with Crippen LogP contribution in [0.25, 0.3) is 0 Å².